The molecule has 0 saturated carbocycles. The van der Waals surface area contributed by atoms with Crippen molar-refractivity contribution in [1.82, 2.24) is 0 Å². The second kappa shape index (κ2) is 6.98. The largest absolute Gasteiger partial charge is 0.322 e. The molecule has 0 spiro atoms. The molecule has 1 aromatic carbocycles. The molecule has 0 aromatic heterocycles. The highest BCUT2D eigenvalue weighted by Gasteiger charge is 2.14. The summed E-state index contributed by atoms with van der Waals surface area (Å²) in [5.74, 6) is -0.0396. The van der Waals surface area contributed by atoms with Crippen LogP contribution >= 0.6 is 27.7 Å². The molecule has 3 nitrogen and oxygen atoms in total. The highest BCUT2D eigenvalue weighted by Crippen LogP contribution is 2.19. The summed E-state index contributed by atoms with van der Waals surface area (Å²) in [7, 11) is 0. The van der Waals surface area contributed by atoms with Crippen LogP contribution in [0.15, 0.2) is 22.7 Å². The third-order valence-corrected chi connectivity index (χ3v) is 3.30. The molecular weight excluding hydrogens is 307 g/mol. The number of thioether (sulfide) groups is 1. The number of rotatable bonds is 5. The molecule has 1 aromatic rings. The lowest BCUT2D eigenvalue weighted by molar-refractivity contribution is -0.117. The third-order valence-electron chi connectivity index (χ3n) is 2.16. The van der Waals surface area contributed by atoms with Crippen molar-refractivity contribution in [1.29, 1.82) is 0 Å². The van der Waals surface area contributed by atoms with Gasteiger partial charge in [0.05, 0.1) is 11.7 Å². The van der Waals surface area contributed by atoms with Gasteiger partial charge in [-0.3, -0.25) is 4.79 Å². The average molecular weight is 321 g/mol. The van der Waals surface area contributed by atoms with E-state index in [-0.39, 0.29) is 11.6 Å². The molecule has 1 amide bonds. The monoisotopic (exact) mass is 320 g/mol. The molecule has 0 heterocycles. The van der Waals surface area contributed by atoms with Crippen LogP contribution in [0.3, 0.4) is 0 Å². The van der Waals surface area contributed by atoms with Gasteiger partial charge in [0.1, 0.15) is 5.82 Å². The Hall–Kier alpha value is -0.590. The van der Waals surface area contributed by atoms with E-state index in [0.29, 0.717) is 10.9 Å². The van der Waals surface area contributed by atoms with Gasteiger partial charge < -0.3 is 11.1 Å². The van der Waals surface area contributed by atoms with E-state index >= 15 is 0 Å². The van der Waals surface area contributed by atoms with Crippen molar-refractivity contribution >= 4 is 39.3 Å². The predicted molar refractivity (Wildman–Crippen MR) is 73.7 cm³/mol. The number of nitrogens with two attached hydrogens (primary N) is 1. The Morgan fingerprint density at radius 3 is 2.94 bits per heavy atom. The van der Waals surface area contributed by atoms with Crippen molar-refractivity contribution in [2.75, 3.05) is 17.3 Å². The summed E-state index contributed by atoms with van der Waals surface area (Å²) >= 11 is 4.76. The van der Waals surface area contributed by atoms with Crippen molar-refractivity contribution in [3.63, 3.8) is 0 Å². The van der Waals surface area contributed by atoms with Crippen LogP contribution in [0, 0.1) is 5.82 Å². The minimum absolute atomic E-state index is 0.151. The van der Waals surface area contributed by atoms with Gasteiger partial charge >= 0.3 is 0 Å². The number of halogens is 2. The Balaban J connectivity index is 2.61. The molecule has 3 N–H and O–H groups in total. The van der Waals surface area contributed by atoms with Gasteiger partial charge in [-0.2, -0.15) is 11.8 Å². The van der Waals surface area contributed by atoms with Crippen LogP contribution in [0.5, 0.6) is 0 Å². The lowest BCUT2D eigenvalue weighted by Gasteiger charge is -2.12. The van der Waals surface area contributed by atoms with Crippen molar-refractivity contribution < 1.29 is 9.18 Å². The normalized spacial score (nSPS) is 12.2. The van der Waals surface area contributed by atoms with Crippen LogP contribution in [0.25, 0.3) is 0 Å². The van der Waals surface area contributed by atoms with E-state index in [2.05, 4.69) is 21.2 Å². The van der Waals surface area contributed by atoms with Gasteiger partial charge in [-0.1, -0.05) is 15.9 Å². The van der Waals surface area contributed by atoms with E-state index in [1.807, 2.05) is 6.26 Å². The summed E-state index contributed by atoms with van der Waals surface area (Å²) in [6, 6.07) is 3.85. The van der Waals surface area contributed by atoms with Crippen LogP contribution in [0.4, 0.5) is 10.1 Å². The summed E-state index contributed by atoms with van der Waals surface area (Å²) in [5.41, 5.74) is 5.82. The fraction of sp³-hybridized carbons (Fsp3) is 0.364. The molecule has 0 aliphatic rings. The van der Waals surface area contributed by atoms with E-state index < -0.39 is 11.9 Å². The SMILES string of the molecule is CSCC[C@@H](N)C(=O)Nc1ccc(Br)cc1F. The van der Waals surface area contributed by atoms with E-state index in [1.165, 1.54) is 12.1 Å². The minimum Gasteiger partial charge on any atom is -0.322 e. The van der Waals surface area contributed by atoms with Gasteiger partial charge in [0.25, 0.3) is 0 Å². The molecule has 6 heteroatoms. The number of hydrogen-bond acceptors (Lipinski definition) is 3. The first-order chi connectivity index (χ1) is 8.04. The van der Waals surface area contributed by atoms with Gasteiger partial charge in [-0.15, -0.1) is 0 Å². The third kappa shape index (κ3) is 4.65. The standard InChI is InChI=1S/C11H14BrFN2OS/c1-17-5-4-9(14)11(16)15-10-3-2-7(12)6-8(10)13/h2-3,6,9H,4-5,14H2,1H3,(H,15,16)/t9-/m1/s1. The van der Waals surface area contributed by atoms with Crippen molar-refractivity contribution in [3.05, 3.63) is 28.5 Å². The van der Waals surface area contributed by atoms with E-state index in [9.17, 15) is 9.18 Å². The molecule has 0 unspecified atom stereocenters. The zero-order chi connectivity index (χ0) is 12.8. The van der Waals surface area contributed by atoms with E-state index in [4.69, 9.17) is 5.73 Å². The minimum atomic E-state index is -0.606. The summed E-state index contributed by atoms with van der Waals surface area (Å²) in [6.07, 6.45) is 2.52. The molecule has 17 heavy (non-hydrogen) atoms. The first-order valence-corrected chi connectivity index (χ1v) is 7.23. The molecule has 1 atom stereocenters. The second-order valence-corrected chi connectivity index (χ2v) is 5.40. The van der Waals surface area contributed by atoms with Gasteiger partial charge in [0.15, 0.2) is 0 Å². The quantitative estimate of drug-likeness (QED) is 0.876. The van der Waals surface area contributed by atoms with E-state index in [0.717, 1.165) is 5.75 Å². The van der Waals surface area contributed by atoms with Gasteiger partial charge in [0.2, 0.25) is 5.91 Å². The fourth-order valence-electron chi connectivity index (χ4n) is 1.19. The second-order valence-electron chi connectivity index (χ2n) is 3.50. The van der Waals surface area contributed by atoms with Crippen LogP contribution in [-0.4, -0.2) is 24.0 Å². The van der Waals surface area contributed by atoms with Gasteiger partial charge in [-0.25, -0.2) is 4.39 Å². The molecular formula is C11H14BrFN2OS. The lowest BCUT2D eigenvalue weighted by Crippen LogP contribution is -2.36. The molecule has 0 bridgehead atoms. The first-order valence-electron chi connectivity index (χ1n) is 5.05. The van der Waals surface area contributed by atoms with E-state index in [1.54, 1.807) is 17.8 Å². The summed E-state index contributed by atoms with van der Waals surface area (Å²) in [5, 5.41) is 2.48. The Morgan fingerprint density at radius 1 is 1.65 bits per heavy atom. The first kappa shape index (κ1) is 14.5. The maximum Gasteiger partial charge on any atom is 0.241 e. The zero-order valence-corrected chi connectivity index (χ0v) is 11.8. The summed E-state index contributed by atoms with van der Waals surface area (Å²) in [6.45, 7) is 0. The highest BCUT2D eigenvalue weighted by atomic mass is 79.9. The number of hydrogen-bond donors (Lipinski definition) is 2. The molecule has 0 aliphatic heterocycles. The molecule has 1 rings (SSSR count). The smallest absolute Gasteiger partial charge is 0.241 e. The number of anilines is 1. The zero-order valence-electron chi connectivity index (χ0n) is 9.37. The molecule has 0 saturated heterocycles. The molecule has 94 valence electrons. The van der Waals surface area contributed by atoms with Crippen LogP contribution in [-0.2, 0) is 4.79 Å². The van der Waals surface area contributed by atoms with Crippen molar-refractivity contribution in [2.45, 2.75) is 12.5 Å². The maximum atomic E-state index is 13.4. The van der Waals surface area contributed by atoms with Crippen LogP contribution in [0.1, 0.15) is 6.42 Å². The van der Waals surface area contributed by atoms with Gasteiger partial charge in [0, 0.05) is 4.47 Å². The maximum absolute atomic E-state index is 13.4. The number of amides is 1. The molecule has 0 fully saturated rings. The average Bonchev–Trinajstić information content (AvgIpc) is 2.29. The Bertz CT molecular complexity index is 403. The molecule has 0 radical (unpaired) electrons. The Morgan fingerprint density at radius 2 is 2.35 bits per heavy atom. The number of nitrogens with one attached hydrogen (secondary N) is 1. The summed E-state index contributed by atoms with van der Waals surface area (Å²) < 4.78 is 14.1. The number of benzene rings is 1. The number of carbonyl (C=O) groups excluding carboxylic acids is 1. The lowest BCUT2D eigenvalue weighted by atomic mass is 10.2. The van der Waals surface area contributed by atoms with Crippen LogP contribution in [0.2, 0.25) is 0 Å². The fourth-order valence-corrected chi connectivity index (χ4v) is 2.01. The number of carbonyl (C=O) groups is 1. The van der Waals surface area contributed by atoms with Crippen LogP contribution < -0.4 is 11.1 Å². The van der Waals surface area contributed by atoms with Crippen molar-refractivity contribution in [2.24, 2.45) is 5.73 Å². The topological polar surface area (TPSA) is 55.1 Å². The van der Waals surface area contributed by atoms with Gasteiger partial charge in [-0.05, 0) is 36.6 Å². The molecule has 0 aliphatic carbocycles. The predicted octanol–water partition coefficient (Wildman–Crippen LogP) is 2.61. The highest BCUT2D eigenvalue weighted by molar-refractivity contribution is 9.10. The Labute approximate surface area is 112 Å². The Kier molecular flexibility index (Phi) is 5.94. The van der Waals surface area contributed by atoms with Crippen molar-refractivity contribution in [3.8, 4) is 0 Å². The summed E-state index contributed by atoms with van der Waals surface area (Å²) in [4.78, 5) is 11.6.